The van der Waals surface area contributed by atoms with Crippen molar-refractivity contribution < 1.29 is 14.0 Å². The number of piperidine rings is 1. The van der Waals surface area contributed by atoms with Crippen LogP contribution < -0.4 is 10.2 Å². The van der Waals surface area contributed by atoms with Gasteiger partial charge in [-0.1, -0.05) is 42.5 Å². The first-order valence-electron chi connectivity index (χ1n) is 13.5. The van der Waals surface area contributed by atoms with E-state index < -0.39 is 5.82 Å². The first kappa shape index (κ1) is 25.2. The number of rotatable bonds is 5. The van der Waals surface area contributed by atoms with E-state index in [1.54, 1.807) is 24.0 Å². The van der Waals surface area contributed by atoms with Crippen molar-refractivity contribution in [3.05, 3.63) is 83.7 Å². The van der Waals surface area contributed by atoms with Gasteiger partial charge in [-0.15, -0.1) is 0 Å². The highest BCUT2D eigenvalue weighted by molar-refractivity contribution is 5.98. The van der Waals surface area contributed by atoms with Gasteiger partial charge in [-0.2, -0.15) is 0 Å². The summed E-state index contributed by atoms with van der Waals surface area (Å²) in [6.07, 6.45) is 12.6. The lowest BCUT2D eigenvalue weighted by molar-refractivity contribution is -0.123. The largest absolute Gasteiger partial charge is 0.369 e. The van der Waals surface area contributed by atoms with Crippen molar-refractivity contribution in [2.45, 2.75) is 58.0 Å². The van der Waals surface area contributed by atoms with E-state index in [1.165, 1.54) is 18.9 Å². The Balaban J connectivity index is 1.42. The summed E-state index contributed by atoms with van der Waals surface area (Å²) in [5.41, 5.74) is 2.61. The standard InChI is InChI=1S/C31H36FN3O2/c1-21-10-6-17-27(32)28(21)31(37)35-19-9-16-26(29(35)23-12-4-3-5-13-23)30(36)33-24-14-7-15-25(20-24)34-18-8-11-22(34)2/h3-7,10,12,14-15,17,20,22-23,26,29H,8-9,11,13,16,18-19H2,1-2H3,(H,33,36)/t22-,23?,26?,29+/m1/s1. The fourth-order valence-electron chi connectivity index (χ4n) is 6.28. The summed E-state index contributed by atoms with van der Waals surface area (Å²) < 4.78 is 14.8. The van der Waals surface area contributed by atoms with Gasteiger partial charge in [0.1, 0.15) is 5.82 Å². The van der Waals surface area contributed by atoms with Gasteiger partial charge in [0.25, 0.3) is 5.91 Å². The smallest absolute Gasteiger partial charge is 0.257 e. The highest BCUT2D eigenvalue weighted by Gasteiger charge is 2.43. The maximum atomic E-state index is 14.8. The van der Waals surface area contributed by atoms with E-state index in [1.807, 2.05) is 30.4 Å². The van der Waals surface area contributed by atoms with E-state index in [4.69, 9.17) is 0 Å². The second kappa shape index (κ2) is 10.9. The Hall–Kier alpha value is -3.41. The molecule has 194 valence electrons. The molecule has 2 aliphatic heterocycles. The summed E-state index contributed by atoms with van der Waals surface area (Å²) in [6.45, 7) is 5.53. The van der Waals surface area contributed by atoms with Crippen molar-refractivity contribution in [1.29, 1.82) is 0 Å². The Bertz CT molecular complexity index is 1200. The van der Waals surface area contributed by atoms with Crippen molar-refractivity contribution in [3.63, 3.8) is 0 Å². The van der Waals surface area contributed by atoms with E-state index in [9.17, 15) is 14.0 Å². The van der Waals surface area contributed by atoms with Crippen LogP contribution in [0.2, 0.25) is 0 Å². The number of amides is 2. The van der Waals surface area contributed by atoms with Crippen LogP contribution in [0, 0.1) is 24.6 Å². The number of likely N-dealkylation sites (tertiary alicyclic amines) is 1. The number of aryl methyl sites for hydroxylation is 1. The van der Waals surface area contributed by atoms with Crippen LogP contribution in [-0.2, 0) is 4.79 Å². The molecule has 6 heteroatoms. The lowest BCUT2D eigenvalue weighted by Gasteiger charge is -2.44. The number of carbonyl (C=O) groups excluding carboxylic acids is 2. The first-order valence-corrected chi connectivity index (χ1v) is 13.5. The summed E-state index contributed by atoms with van der Waals surface area (Å²) >= 11 is 0. The third-order valence-corrected chi connectivity index (χ3v) is 8.17. The van der Waals surface area contributed by atoms with Crippen molar-refractivity contribution in [3.8, 4) is 0 Å². The van der Waals surface area contributed by atoms with Crippen LogP contribution in [0.15, 0.2) is 66.8 Å². The van der Waals surface area contributed by atoms with Crippen molar-refractivity contribution in [1.82, 2.24) is 4.90 Å². The Kier molecular flexibility index (Phi) is 7.45. The van der Waals surface area contributed by atoms with E-state index in [0.29, 0.717) is 31.0 Å². The highest BCUT2D eigenvalue weighted by Crippen LogP contribution is 2.36. The summed E-state index contributed by atoms with van der Waals surface area (Å²) in [6, 6.07) is 12.9. The molecular weight excluding hydrogens is 465 g/mol. The average molecular weight is 502 g/mol. The van der Waals surface area contributed by atoms with E-state index in [-0.39, 0.29) is 35.3 Å². The highest BCUT2D eigenvalue weighted by atomic mass is 19.1. The lowest BCUT2D eigenvalue weighted by Crippen LogP contribution is -2.55. The molecule has 5 nitrogen and oxygen atoms in total. The Morgan fingerprint density at radius 3 is 2.57 bits per heavy atom. The molecule has 1 N–H and O–H groups in total. The molecule has 5 rings (SSSR count). The normalized spacial score (nSPS) is 25.4. The molecule has 0 spiro atoms. The minimum Gasteiger partial charge on any atom is -0.369 e. The summed E-state index contributed by atoms with van der Waals surface area (Å²) in [5, 5.41) is 3.16. The summed E-state index contributed by atoms with van der Waals surface area (Å²) in [7, 11) is 0. The molecule has 4 atom stereocenters. The molecule has 3 aliphatic rings. The fraction of sp³-hybridized carbons (Fsp3) is 0.419. The minimum atomic E-state index is -0.512. The molecule has 1 aliphatic carbocycles. The molecule has 2 aromatic rings. The Labute approximate surface area is 219 Å². The molecule has 0 radical (unpaired) electrons. The molecule has 2 saturated heterocycles. The molecule has 37 heavy (non-hydrogen) atoms. The Morgan fingerprint density at radius 2 is 1.84 bits per heavy atom. The van der Waals surface area contributed by atoms with Crippen molar-refractivity contribution >= 4 is 23.2 Å². The number of nitrogens with zero attached hydrogens (tertiary/aromatic N) is 2. The number of benzene rings is 2. The Morgan fingerprint density at radius 1 is 1.03 bits per heavy atom. The number of halogens is 1. The molecular formula is C31H36FN3O2. The van der Waals surface area contributed by atoms with Gasteiger partial charge in [0.2, 0.25) is 5.91 Å². The van der Waals surface area contributed by atoms with Gasteiger partial charge in [0.15, 0.2) is 0 Å². The van der Waals surface area contributed by atoms with Crippen LogP contribution in [0.25, 0.3) is 0 Å². The molecule has 2 unspecified atom stereocenters. The van der Waals surface area contributed by atoms with E-state index in [2.05, 4.69) is 35.4 Å². The fourth-order valence-corrected chi connectivity index (χ4v) is 6.28. The van der Waals surface area contributed by atoms with Crippen LogP contribution in [0.3, 0.4) is 0 Å². The molecule has 2 aromatic carbocycles. The van der Waals surface area contributed by atoms with Crippen molar-refractivity contribution in [2.75, 3.05) is 23.3 Å². The molecule has 2 amide bonds. The number of hydrogen-bond donors (Lipinski definition) is 1. The molecule has 0 bridgehead atoms. The molecule has 0 aromatic heterocycles. The average Bonchev–Trinajstić information content (AvgIpc) is 3.34. The van der Waals surface area contributed by atoms with Gasteiger partial charge in [0, 0.05) is 36.4 Å². The van der Waals surface area contributed by atoms with Gasteiger partial charge in [-0.25, -0.2) is 4.39 Å². The predicted molar refractivity (Wildman–Crippen MR) is 146 cm³/mol. The summed E-state index contributed by atoms with van der Waals surface area (Å²) in [5.74, 6) is -1.31. The van der Waals surface area contributed by atoms with Gasteiger partial charge in [-0.05, 0) is 75.8 Å². The van der Waals surface area contributed by atoms with Crippen LogP contribution in [0.5, 0.6) is 0 Å². The molecule has 0 saturated carbocycles. The summed E-state index contributed by atoms with van der Waals surface area (Å²) in [4.78, 5) is 31.7. The van der Waals surface area contributed by atoms with Gasteiger partial charge < -0.3 is 15.1 Å². The van der Waals surface area contributed by atoms with Gasteiger partial charge in [0.05, 0.1) is 17.5 Å². The zero-order valence-corrected chi connectivity index (χ0v) is 21.7. The number of allylic oxidation sites excluding steroid dienone is 3. The van der Waals surface area contributed by atoms with Crippen LogP contribution >= 0.6 is 0 Å². The third-order valence-electron chi connectivity index (χ3n) is 8.17. The second-order valence-corrected chi connectivity index (χ2v) is 10.6. The maximum absolute atomic E-state index is 14.8. The van der Waals surface area contributed by atoms with E-state index >= 15 is 0 Å². The first-order chi connectivity index (χ1) is 17.9. The van der Waals surface area contributed by atoms with Crippen LogP contribution in [0.4, 0.5) is 15.8 Å². The topological polar surface area (TPSA) is 52.7 Å². The maximum Gasteiger partial charge on any atom is 0.257 e. The van der Waals surface area contributed by atoms with E-state index in [0.717, 1.165) is 24.3 Å². The van der Waals surface area contributed by atoms with Gasteiger partial charge >= 0.3 is 0 Å². The molecule has 2 heterocycles. The zero-order valence-electron chi connectivity index (χ0n) is 21.7. The van der Waals surface area contributed by atoms with Crippen LogP contribution in [-0.4, -0.2) is 41.9 Å². The third kappa shape index (κ3) is 5.20. The molecule has 2 fully saturated rings. The SMILES string of the molecule is Cc1cccc(F)c1C(=O)N1CCCC(C(=O)Nc2cccc(N3CCC[C@H]3C)c2)[C@@H]1C1C=CC=CC1. The minimum absolute atomic E-state index is 0.00568. The lowest BCUT2D eigenvalue weighted by atomic mass is 9.77. The predicted octanol–water partition coefficient (Wildman–Crippen LogP) is 6.11. The number of nitrogens with one attached hydrogen (secondary N) is 1. The number of anilines is 2. The van der Waals surface area contributed by atoms with Gasteiger partial charge in [-0.3, -0.25) is 9.59 Å². The second-order valence-electron chi connectivity index (χ2n) is 10.6. The zero-order chi connectivity index (χ0) is 25.9. The monoisotopic (exact) mass is 501 g/mol. The quantitative estimate of drug-likeness (QED) is 0.538. The number of hydrogen-bond acceptors (Lipinski definition) is 3. The number of carbonyl (C=O) groups is 2. The van der Waals surface area contributed by atoms with Crippen molar-refractivity contribution in [2.24, 2.45) is 11.8 Å². The van der Waals surface area contributed by atoms with Crippen LogP contribution in [0.1, 0.15) is 54.9 Å².